The number of rotatable bonds is 3. The van der Waals surface area contributed by atoms with Gasteiger partial charge in [-0.3, -0.25) is 4.79 Å². The third kappa shape index (κ3) is 3.63. The number of hydrogen-bond donors (Lipinski definition) is 2. The van der Waals surface area contributed by atoms with Gasteiger partial charge in [0.1, 0.15) is 0 Å². The Morgan fingerprint density at radius 3 is 3.00 bits per heavy atom. The van der Waals surface area contributed by atoms with Crippen molar-refractivity contribution in [3.8, 4) is 0 Å². The van der Waals surface area contributed by atoms with Crippen molar-refractivity contribution in [2.24, 2.45) is 0 Å². The SMILES string of the molecule is Cl.O=C(NCC1CCCN1)c1ccc(Cl)s1. The molecule has 2 heterocycles. The van der Waals surface area contributed by atoms with Crippen molar-refractivity contribution in [2.45, 2.75) is 18.9 Å². The molecule has 16 heavy (non-hydrogen) atoms. The van der Waals surface area contributed by atoms with Gasteiger partial charge in [0, 0.05) is 12.6 Å². The number of hydrogen-bond acceptors (Lipinski definition) is 3. The Labute approximate surface area is 110 Å². The number of halogens is 2. The molecule has 3 nitrogen and oxygen atoms in total. The Morgan fingerprint density at radius 1 is 1.62 bits per heavy atom. The maximum atomic E-state index is 11.6. The summed E-state index contributed by atoms with van der Waals surface area (Å²) in [5.74, 6) is -0.0272. The van der Waals surface area contributed by atoms with E-state index in [0.29, 0.717) is 21.8 Å². The molecule has 1 aromatic rings. The minimum atomic E-state index is -0.0272. The summed E-state index contributed by atoms with van der Waals surface area (Å²) in [6.45, 7) is 1.76. The van der Waals surface area contributed by atoms with E-state index in [9.17, 15) is 4.79 Å². The van der Waals surface area contributed by atoms with Crippen LogP contribution in [0, 0.1) is 0 Å². The predicted octanol–water partition coefficient (Wildman–Crippen LogP) is 2.31. The van der Waals surface area contributed by atoms with Crippen LogP contribution < -0.4 is 10.6 Å². The van der Waals surface area contributed by atoms with E-state index in [1.807, 2.05) is 0 Å². The second kappa shape index (κ2) is 6.45. The zero-order valence-corrected chi connectivity index (χ0v) is 11.1. The largest absolute Gasteiger partial charge is 0.350 e. The molecule has 1 saturated heterocycles. The zero-order chi connectivity index (χ0) is 10.7. The fourth-order valence-corrected chi connectivity index (χ4v) is 2.63. The Balaban J connectivity index is 0.00000128. The zero-order valence-electron chi connectivity index (χ0n) is 8.66. The van der Waals surface area contributed by atoms with E-state index in [2.05, 4.69) is 10.6 Å². The fourth-order valence-electron chi connectivity index (χ4n) is 1.67. The van der Waals surface area contributed by atoms with Crippen LogP contribution in [0.5, 0.6) is 0 Å². The van der Waals surface area contributed by atoms with Crippen LogP contribution in [-0.4, -0.2) is 25.0 Å². The molecular weight excluding hydrogens is 267 g/mol. The van der Waals surface area contributed by atoms with E-state index < -0.39 is 0 Å². The summed E-state index contributed by atoms with van der Waals surface area (Å²) in [6, 6.07) is 3.93. The number of carbonyl (C=O) groups excluding carboxylic acids is 1. The van der Waals surface area contributed by atoms with Gasteiger partial charge in [-0.15, -0.1) is 23.7 Å². The van der Waals surface area contributed by atoms with Gasteiger partial charge in [0.25, 0.3) is 5.91 Å². The Kier molecular flexibility index (Phi) is 5.55. The quantitative estimate of drug-likeness (QED) is 0.892. The van der Waals surface area contributed by atoms with Gasteiger partial charge < -0.3 is 10.6 Å². The summed E-state index contributed by atoms with van der Waals surface area (Å²) >= 11 is 7.07. The smallest absolute Gasteiger partial charge is 0.261 e. The average Bonchev–Trinajstić information content (AvgIpc) is 2.84. The average molecular weight is 281 g/mol. The summed E-state index contributed by atoms with van der Waals surface area (Å²) in [5, 5.41) is 6.24. The summed E-state index contributed by atoms with van der Waals surface area (Å²) in [7, 11) is 0. The van der Waals surface area contributed by atoms with Crippen LogP contribution in [0.3, 0.4) is 0 Å². The van der Waals surface area contributed by atoms with E-state index in [1.165, 1.54) is 17.8 Å². The molecule has 0 aromatic carbocycles. The third-order valence-electron chi connectivity index (χ3n) is 2.47. The molecule has 90 valence electrons. The second-order valence-electron chi connectivity index (χ2n) is 3.61. The number of thiophene rings is 1. The van der Waals surface area contributed by atoms with Crippen molar-refractivity contribution in [3.05, 3.63) is 21.3 Å². The van der Waals surface area contributed by atoms with Crippen LogP contribution in [0.1, 0.15) is 22.5 Å². The van der Waals surface area contributed by atoms with Crippen LogP contribution in [0.25, 0.3) is 0 Å². The number of nitrogens with one attached hydrogen (secondary N) is 2. The van der Waals surface area contributed by atoms with Crippen LogP contribution in [0.15, 0.2) is 12.1 Å². The summed E-state index contributed by atoms with van der Waals surface area (Å²) in [5.41, 5.74) is 0. The van der Waals surface area contributed by atoms with E-state index in [4.69, 9.17) is 11.6 Å². The molecule has 1 aliphatic heterocycles. The molecule has 1 atom stereocenters. The van der Waals surface area contributed by atoms with Gasteiger partial charge in [0.15, 0.2) is 0 Å². The van der Waals surface area contributed by atoms with Crippen molar-refractivity contribution >= 4 is 41.3 Å². The fraction of sp³-hybridized carbons (Fsp3) is 0.500. The molecule has 0 aliphatic carbocycles. The van der Waals surface area contributed by atoms with Crippen LogP contribution in [0.4, 0.5) is 0 Å². The van der Waals surface area contributed by atoms with Crippen LogP contribution in [-0.2, 0) is 0 Å². The van der Waals surface area contributed by atoms with Gasteiger partial charge >= 0.3 is 0 Å². The standard InChI is InChI=1S/C10H13ClN2OS.ClH/c11-9-4-3-8(15-9)10(14)13-6-7-2-1-5-12-7;/h3-4,7,12H,1-2,5-6H2,(H,13,14);1H. The molecule has 1 aromatic heterocycles. The molecular formula is C10H14Cl2N2OS. The van der Waals surface area contributed by atoms with Crippen molar-refractivity contribution in [1.82, 2.24) is 10.6 Å². The predicted molar refractivity (Wildman–Crippen MR) is 69.9 cm³/mol. The Morgan fingerprint density at radius 2 is 2.44 bits per heavy atom. The topological polar surface area (TPSA) is 41.1 Å². The van der Waals surface area contributed by atoms with E-state index in [-0.39, 0.29) is 18.3 Å². The maximum absolute atomic E-state index is 11.6. The highest BCUT2D eigenvalue weighted by Gasteiger charge is 2.15. The van der Waals surface area contributed by atoms with E-state index in [0.717, 1.165) is 13.0 Å². The lowest BCUT2D eigenvalue weighted by Gasteiger charge is -2.10. The first-order valence-electron chi connectivity index (χ1n) is 5.02. The minimum absolute atomic E-state index is 0. The minimum Gasteiger partial charge on any atom is -0.350 e. The monoisotopic (exact) mass is 280 g/mol. The van der Waals surface area contributed by atoms with Gasteiger partial charge in [-0.2, -0.15) is 0 Å². The van der Waals surface area contributed by atoms with Crippen molar-refractivity contribution in [3.63, 3.8) is 0 Å². The highest BCUT2D eigenvalue weighted by atomic mass is 35.5. The van der Waals surface area contributed by atoms with Crippen molar-refractivity contribution in [1.29, 1.82) is 0 Å². The Bertz CT molecular complexity index is 350. The molecule has 0 saturated carbocycles. The van der Waals surface area contributed by atoms with Gasteiger partial charge in [-0.25, -0.2) is 0 Å². The van der Waals surface area contributed by atoms with E-state index >= 15 is 0 Å². The molecule has 2 N–H and O–H groups in total. The Hall–Kier alpha value is -0.290. The second-order valence-corrected chi connectivity index (χ2v) is 5.32. The lowest BCUT2D eigenvalue weighted by atomic mass is 10.2. The summed E-state index contributed by atoms with van der Waals surface area (Å²) < 4.78 is 0.652. The van der Waals surface area contributed by atoms with Crippen molar-refractivity contribution < 1.29 is 4.79 Å². The molecule has 1 fully saturated rings. The molecule has 0 bridgehead atoms. The third-order valence-corrected chi connectivity index (χ3v) is 3.70. The molecule has 0 radical (unpaired) electrons. The molecule has 0 spiro atoms. The maximum Gasteiger partial charge on any atom is 0.261 e. The van der Waals surface area contributed by atoms with Gasteiger partial charge in [0.2, 0.25) is 0 Å². The molecule has 1 unspecified atom stereocenters. The summed E-state index contributed by atoms with van der Waals surface area (Å²) in [4.78, 5) is 12.3. The summed E-state index contributed by atoms with van der Waals surface area (Å²) in [6.07, 6.45) is 2.34. The molecule has 6 heteroatoms. The molecule has 1 amide bonds. The van der Waals surface area contributed by atoms with Gasteiger partial charge in [0.05, 0.1) is 9.21 Å². The first-order chi connectivity index (χ1) is 7.25. The number of carbonyl (C=O) groups is 1. The lowest BCUT2D eigenvalue weighted by molar-refractivity contribution is 0.0954. The highest BCUT2D eigenvalue weighted by Crippen LogP contribution is 2.21. The van der Waals surface area contributed by atoms with Crippen molar-refractivity contribution in [2.75, 3.05) is 13.1 Å². The lowest BCUT2D eigenvalue weighted by Crippen LogP contribution is -2.36. The molecule has 2 rings (SSSR count). The first kappa shape index (κ1) is 13.8. The van der Waals surface area contributed by atoms with Gasteiger partial charge in [-0.05, 0) is 31.5 Å². The number of amides is 1. The normalized spacial score (nSPS) is 19.2. The van der Waals surface area contributed by atoms with Gasteiger partial charge in [-0.1, -0.05) is 11.6 Å². The highest BCUT2D eigenvalue weighted by molar-refractivity contribution is 7.17. The molecule has 1 aliphatic rings. The first-order valence-corrected chi connectivity index (χ1v) is 6.22. The van der Waals surface area contributed by atoms with Crippen LogP contribution >= 0.6 is 35.3 Å². The van der Waals surface area contributed by atoms with E-state index in [1.54, 1.807) is 12.1 Å². The van der Waals surface area contributed by atoms with Crippen LogP contribution in [0.2, 0.25) is 4.34 Å².